The van der Waals surface area contributed by atoms with Gasteiger partial charge in [0, 0.05) is 18.6 Å². The first kappa shape index (κ1) is 17.3. The molecule has 7 heteroatoms. The lowest BCUT2D eigenvalue weighted by Gasteiger charge is -2.41. The smallest absolute Gasteiger partial charge is 0.323 e. The summed E-state index contributed by atoms with van der Waals surface area (Å²) in [6.07, 6.45) is 2.03. The highest BCUT2D eigenvalue weighted by Crippen LogP contribution is 2.23. The lowest BCUT2D eigenvalue weighted by atomic mass is 9.93. The SMILES string of the molecule is CCC(C)N(CC(=O)O)C(=O)N1CC(C(N)=O)CCC1C. The summed E-state index contributed by atoms with van der Waals surface area (Å²) in [4.78, 5) is 37.9. The fourth-order valence-corrected chi connectivity index (χ4v) is 2.55. The van der Waals surface area contributed by atoms with Crippen molar-refractivity contribution in [1.82, 2.24) is 9.80 Å². The number of urea groups is 1. The van der Waals surface area contributed by atoms with Crippen molar-refractivity contribution in [3.63, 3.8) is 0 Å². The van der Waals surface area contributed by atoms with Crippen LogP contribution >= 0.6 is 0 Å². The number of primary amides is 1. The Bertz CT molecular complexity index is 413. The highest BCUT2D eigenvalue weighted by Gasteiger charge is 2.35. The van der Waals surface area contributed by atoms with Gasteiger partial charge in [0.05, 0.1) is 5.92 Å². The van der Waals surface area contributed by atoms with E-state index >= 15 is 0 Å². The van der Waals surface area contributed by atoms with E-state index in [9.17, 15) is 14.4 Å². The van der Waals surface area contributed by atoms with Crippen LogP contribution in [0.3, 0.4) is 0 Å². The molecule has 1 rings (SSSR count). The third kappa shape index (κ3) is 4.34. The van der Waals surface area contributed by atoms with Gasteiger partial charge in [0.25, 0.3) is 0 Å². The van der Waals surface area contributed by atoms with Gasteiger partial charge in [-0.2, -0.15) is 0 Å². The Balaban J connectivity index is 2.89. The van der Waals surface area contributed by atoms with Gasteiger partial charge in [-0.25, -0.2) is 4.79 Å². The summed E-state index contributed by atoms with van der Waals surface area (Å²) in [5.74, 6) is -1.80. The zero-order valence-corrected chi connectivity index (χ0v) is 12.9. The maximum absolute atomic E-state index is 12.6. The molecule has 0 aliphatic carbocycles. The van der Waals surface area contributed by atoms with Crippen LogP contribution in [0, 0.1) is 5.92 Å². The third-order valence-electron chi connectivity index (χ3n) is 4.20. The van der Waals surface area contributed by atoms with Crippen LogP contribution in [0.5, 0.6) is 0 Å². The molecule has 3 atom stereocenters. The van der Waals surface area contributed by atoms with Crippen LogP contribution in [0.15, 0.2) is 0 Å². The van der Waals surface area contributed by atoms with Gasteiger partial charge in [-0.3, -0.25) is 9.59 Å². The number of amides is 3. The number of hydrogen-bond acceptors (Lipinski definition) is 3. The molecule has 21 heavy (non-hydrogen) atoms. The number of carbonyl (C=O) groups is 3. The number of piperidine rings is 1. The number of rotatable bonds is 5. The minimum Gasteiger partial charge on any atom is -0.480 e. The van der Waals surface area contributed by atoms with E-state index in [1.54, 1.807) is 4.90 Å². The molecule has 0 aromatic heterocycles. The zero-order chi connectivity index (χ0) is 16.2. The summed E-state index contributed by atoms with van der Waals surface area (Å²) in [6, 6.07) is -0.520. The molecule has 0 saturated carbocycles. The lowest BCUT2D eigenvalue weighted by Crippen LogP contribution is -2.55. The van der Waals surface area contributed by atoms with E-state index in [4.69, 9.17) is 10.8 Å². The van der Waals surface area contributed by atoms with Crippen LogP contribution in [0.4, 0.5) is 4.79 Å². The summed E-state index contributed by atoms with van der Waals surface area (Å²) in [7, 11) is 0. The Kier molecular flexibility index (Phi) is 5.99. The van der Waals surface area contributed by atoms with Gasteiger partial charge in [-0.15, -0.1) is 0 Å². The molecule has 0 spiro atoms. The predicted molar refractivity (Wildman–Crippen MR) is 77.6 cm³/mol. The Labute approximate surface area is 125 Å². The predicted octanol–water partition coefficient (Wildman–Crippen LogP) is 0.877. The number of carboxylic acids is 1. The van der Waals surface area contributed by atoms with Gasteiger partial charge in [0.15, 0.2) is 0 Å². The Morgan fingerprint density at radius 3 is 2.48 bits per heavy atom. The van der Waals surface area contributed by atoms with E-state index in [-0.39, 0.29) is 37.1 Å². The third-order valence-corrected chi connectivity index (χ3v) is 4.20. The molecule has 0 radical (unpaired) electrons. The van der Waals surface area contributed by atoms with Crippen molar-refractivity contribution in [2.75, 3.05) is 13.1 Å². The zero-order valence-electron chi connectivity index (χ0n) is 12.9. The fraction of sp³-hybridized carbons (Fsp3) is 0.786. The van der Waals surface area contributed by atoms with E-state index in [1.807, 2.05) is 20.8 Å². The first-order chi connectivity index (χ1) is 9.77. The molecule has 3 amide bonds. The molecule has 120 valence electrons. The number of nitrogens with two attached hydrogens (primary N) is 1. The van der Waals surface area contributed by atoms with Crippen molar-refractivity contribution in [3.8, 4) is 0 Å². The number of nitrogens with zero attached hydrogens (tertiary/aromatic N) is 2. The van der Waals surface area contributed by atoms with Crippen molar-refractivity contribution in [2.45, 2.75) is 52.1 Å². The van der Waals surface area contributed by atoms with Gasteiger partial charge in [0.2, 0.25) is 5.91 Å². The van der Waals surface area contributed by atoms with E-state index in [2.05, 4.69) is 0 Å². The van der Waals surface area contributed by atoms with Crippen molar-refractivity contribution in [3.05, 3.63) is 0 Å². The van der Waals surface area contributed by atoms with E-state index in [0.29, 0.717) is 19.3 Å². The number of hydrogen-bond donors (Lipinski definition) is 2. The van der Waals surface area contributed by atoms with Crippen molar-refractivity contribution < 1.29 is 19.5 Å². The van der Waals surface area contributed by atoms with Gasteiger partial charge < -0.3 is 20.6 Å². The molecule has 7 nitrogen and oxygen atoms in total. The van der Waals surface area contributed by atoms with Crippen LogP contribution in [0.1, 0.15) is 40.0 Å². The number of aliphatic carboxylic acids is 1. The molecule has 1 aliphatic heterocycles. The van der Waals surface area contributed by atoms with Crippen molar-refractivity contribution in [2.24, 2.45) is 11.7 Å². The van der Waals surface area contributed by atoms with Gasteiger partial charge in [-0.05, 0) is 33.1 Å². The summed E-state index contributed by atoms with van der Waals surface area (Å²) < 4.78 is 0. The topological polar surface area (TPSA) is 104 Å². The lowest BCUT2D eigenvalue weighted by molar-refractivity contribution is -0.138. The van der Waals surface area contributed by atoms with Crippen LogP contribution < -0.4 is 5.73 Å². The second-order valence-electron chi connectivity index (χ2n) is 5.74. The molecular weight excluding hydrogens is 274 g/mol. The van der Waals surface area contributed by atoms with Crippen LogP contribution in [0.2, 0.25) is 0 Å². The quantitative estimate of drug-likeness (QED) is 0.786. The average molecular weight is 299 g/mol. The minimum absolute atomic E-state index is 0.0200. The minimum atomic E-state index is -1.04. The maximum Gasteiger partial charge on any atom is 0.323 e. The second-order valence-corrected chi connectivity index (χ2v) is 5.74. The first-order valence-corrected chi connectivity index (χ1v) is 7.36. The van der Waals surface area contributed by atoms with Crippen molar-refractivity contribution in [1.29, 1.82) is 0 Å². The highest BCUT2D eigenvalue weighted by molar-refractivity contribution is 5.82. The molecule has 1 heterocycles. The fourth-order valence-electron chi connectivity index (χ4n) is 2.55. The number of likely N-dealkylation sites (tertiary alicyclic amines) is 1. The number of carboxylic acid groups (broad SMARTS) is 1. The van der Waals surface area contributed by atoms with E-state index in [1.165, 1.54) is 4.90 Å². The number of carbonyl (C=O) groups excluding carboxylic acids is 2. The summed E-state index contributed by atoms with van der Waals surface area (Å²) >= 11 is 0. The van der Waals surface area contributed by atoms with Gasteiger partial charge in [-0.1, -0.05) is 6.92 Å². The molecule has 3 unspecified atom stereocenters. The molecule has 0 aromatic carbocycles. The molecule has 3 N–H and O–H groups in total. The van der Waals surface area contributed by atoms with E-state index in [0.717, 1.165) is 0 Å². The summed E-state index contributed by atoms with van der Waals surface area (Å²) in [6.45, 7) is 5.56. The average Bonchev–Trinajstić information content (AvgIpc) is 2.43. The van der Waals surface area contributed by atoms with Crippen LogP contribution in [-0.4, -0.2) is 58.0 Å². The second kappa shape index (κ2) is 7.28. The van der Waals surface area contributed by atoms with Gasteiger partial charge in [0.1, 0.15) is 6.54 Å². The van der Waals surface area contributed by atoms with Gasteiger partial charge >= 0.3 is 12.0 Å². The molecule has 1 aliphatic rings. The maximum atomic E-state index is 12.6. The van der Waals surface area contributed by atoms with Crippen LogP contribution in [-0.2, 0) is 9.59 Å². The normalized spacial score (nSPS) is 23.5. The van der Waals surface area contributed by atoms with Crippen LogP contribution in [0.25, 0.3) is 0 Å². The Morgan fingerprint density at radius 1 is 1.38 bits per heavy atom. The molecule has 1 fully saturated rings. The Morgan fingerprint density at radius 2 is 2.00 bits per heavy atom. The molecular formula is C14H25N3O4. The largest absolute Gasteiger partial charge is 0.480 e. The summed E-state index contributed by atoms with van der Waals surface area (Å²) in [5.41, 5.74) is 5.33. The molecule has 0 bridgehead atoms. The monoisotopic (exact) mass is 299 g/mol. The first-order valence-electron chi connectivity index (χ1n) is 7.36. The standard InChI is InChI=1S/C14H25N3O4/c1-4-9(2)17(8-12(18)19)14(21)16-7-11(13(15)20)6-5-10(16)3/h9-11H,4-8H2,1-3H3,(H2,15,20)(H,18,19). The van der Waals surface area contributed by atoms with E-state index < -0.39 is 11.9 Å². The molecule has 0 aromatic rings. The highest BCUT2D eigenvalue weighted by atomic mass is 16.4. The Hall–Kier alpha value is -1.79. The molecule has 1 saturated heterocycles. The summed E-state index contributed by atoms with van der Waals surface area (Å²) in [5, 5.41) is 9.00. The van der Waals surface area contributed by atoms with Crippen molar-refractivity contribution >= 4 is 17.9 Å².